The van der Waals surface area contributed by atoms with Crippen LogP contribution in [0.15, 0.2) is 36.7 Å². The molecular weight excluding hydrogens is 216 g/mol. The summed E-state index contributed by atoms with van der Waals surface area (Å²) < 4.78 is 0. The molecule has 1 aromatic carbocycles. The lowest BCUT2D eigenvalue weighted by Gasteiger charge is -2.02. The number of carbonyl (C=O) groups is 1. The summed E-state index contributed by atoms with van der Waals surface area (Å²) >= 11 is 0. The van der Waals surface area contributed by atoms with Crippen LogP contribution in [0.5, 0.6) is 0 Å². The van der Waals surface area contributed by atoms with Crippen LogP contribution in [0.4, 0.5) is 0 Å². The number of rotatable bonds is 3. The maximum absolute atomic E-state index is 10.6. The molecule has 2 aromatic rings. The summed E-state index contributed by atoms with van der Waals surface area (Å²) in [5.74, 6) is -0.890. The molecule has 4 nitrogen and oxygen atoms in total. The van der Waals surface area contributed by atoms with E-state index in [-0.39, 0.29) is 6.42 Å². The lowest BCUT2D eigenvalue weighted by molar-refractivity contribution is -0.136. The maximum Gasteiger partial charge on any atom is 0.309 e. The first-order valence-corrected chi connectivity index (χ1v) is 5.25. The molecule has 1 aromatic heterocycles. The van der Waals surface area contributed by atoms with Crippen LogP contribution in [-0.4, -0.2) is 21.0 Å². The summed E-state index contributed by atoms with van der Waals surface area (Å²) in [6, 6.07) is 9.62. The van der Waals surface area contributed by atoms with Gasteiger partial charge in [0.1, 0.15) is 6.33 Å². The highest BCUT2D eigenvalue weighted by Crippen LogP contribution is 2.17. The fraction of sp³-hybridized carbons (Fsp3) is 0.154. The van der Waals surface area contributed by atoms with Gasteiger partial charge in [-0.25, -0.2) is 9.97 Å². The van der Waals surface area contributed by atoms with Crippen molar-refractivity contribution in [1.29, 1.82) is 0 Å². The Balaban J connectivity index is 2.32. The third-order valence-corrected chi connectivity index (χ3v) is 2.40. The van der Waals surface area contributed by atoms with Crippen molar-refractivity contribution in [3.63, 3.8) is 0 Å². The van der Waals surface area contributed by atoms with Crippen molar-refractivity contribution < 1.29 is 9.90 Å². The first kappa shape index (κ1) is 11.3. The van der Waals surface area contributed by atoms with E-state index in [4.69, 9.17) is 5.11 Å². The molecule has 0 amide bonds. The van der Waals surface area contributed by atoms with Gasteiger partial charge < -0.3 is 5.11 Å². The highest BCUT2D eigenvalue weighted by atomic mass is 16.4. The third kappa shape index (κ3) is 2.87. The smallest absolute Gasteiger partial charge is 0.309 e. The van der Waals surface area contributed by atoms with E-state index in [0.717, 1.165) is 11.3 Å². The van der Waals surface area contributed by atoms with Gasteiger partial charge in [0.15, 0.2) is 0 Å². The van der Waals surface area contributed by atoms with Crippen LogP contribution >= 0.6 is 0 Å². The van der Waals surface area contributed by atoms with Crippen molar-refractivity contribution in [2.45, 2.75) is 13.3 Å². The molecule has 1 heterocycles. The molecular formula is C13H12N2O2. The summed E-state index contributed by atoms with van der Waals surface area (Å²) in [5.41, 5.74) is 3.40. The second kappa shape index (κ2) is 4.74. The van der Waals surface area contributed by atoms with Crippen molar-refractivity contribution in [1.82, 2.24) is 9.97 Å². The Bertz CT molecular complexity index is 535. The van der Waals surface area contributed by atoms with Gasteiger partial charge in [-0.05, 0) is 13.0 Å². The van der Waals surface area contributed by atoms with E-state index in [0.29, 0.717) is 5.69 Å². The minimum Gasteiger partial charge on any atom is -0.481 e. The van der Waals surface area contributed by atoms with Gasteiger partial charge in [-0.15, -0.1) is 0 Å². The molecule has 17 heavy (non-hydrogen) atoms. The molecule has 0 saturated heterocycles. The zero-order valence-electron chi connectivity index (χ0n) is 9.42. The van der Waals surface area contributed by atoms with E-state index in [1.165, 1.54) is 11.9 Å². The lowest BCUT2D eigenvalue weighted by Crippen LogP contribution is -2.02. The standard InChI is InChI=1S/C13H12N2O2/c1-9-2-4-10(5-3-9)12-6-11(7-13(16)17)14-8-15-12/h2-6,8H,7H2,1H3,(H,16,17). The fourth-order valence-electron chi connectivity index (χ4n) is 1.53. The zero-order chi connectivity index (χ0) is 12.3. The van der Waals surface area contributed by atoms with E-state index in [9.17, 15) is 4.79 Å². The number of carboxylic acids is 1. The van der Waals surface area contributed by atoms with Crippen molar-refractivity contribution in [3.8, 4) is 11.3 Å². The molecule has 4 heteroatoms. The average Bonchev–Trinajstić information content (AvgIpc) is 2.29. The van der Waals surface area contributed by atoms with E-state index in [1.54, 1.807) is 6.07 Å². The van der Waals surface area contributed by atoms with Crippen molar-refractivity contribution in [2.24, 2.45) is 0 Å². The first-order chi connectivity index (χ1) is 8.15. The second-order valence-electron chi connectivity index (χ2n) is 3.83. The Kier molecular flexibility index (Phi) is 3.14. The fourth-order valence-corrected chi connectivity index (χ4v) is 1.53. The Labute approximate surface area is 99.0 Å². The number of nitrogens with zero attached hydrogens (tertiary/aromatic N) is 2. The van der Waals surface area contributed by atoms with Gasteiger partial charge in [-0.1, -0.05) is 29.8 Å². The normalized spacial score (nSPS) is 10.2. The van der Waals surface area contributed by atoms with E-state index in [1.807, 2.05) is 31.2 Å². The van der Waals surface area contributed by atoms with Gasteiger partial charge in [0.25, 0.3) is 0 Å². The number of hydrogen-bond acceptors (Lipinski definition) is 3. The predicted molar refractivity (Wildman–Crippen MR) is 63.5 cm³/mol. The third-order valence-electron chi connectivity index (χ3n) is 2.40. The Hall–Kier alpha value is -2.23. The van der Waals surface area contributed by atoms with E-state index in [2.05, 4.69) is 9.97 Å². The summed E-state index contributed by atoms with van der Waals surface area (Å²) in [7, 11) is 0. The molecule has 0 bridgehead atoms. The quantitative estimate of drug-likeness (QED) is 0.873. The molecule has 0 atom stereocenters. The zero-order valence-corrected chi connectivity index (χ0v) is 9.42. The van der Waals surface area contributed by atoms with Gasteiger partial charge in [0, 0.05) is 5.56 Å². The SMILES string of the molecule is Cc1ccc(-c2cc(CC(=O)O)ncn2)cc1. The van der Waals surface area contributed by atoms with Gasteiger partial charge in [0.05, 0.1) is 17.8 Å². The largest absolute Gasteiger partial charge is 0.481 e. The maximum atomic E-state index is 10.6. The molecule has 0 aliphatic rings. The number of aromatic nitrogens is 2. The molecule has 2 rings (SSSR count). The highest BCUT2D eigenvalue weighted by Gasteiger charge is 2.05. The van der Waals surface area contributed by atoms with Crippen LogP contribution in [0, 0.1) is 6.92 Å². The molecule has 0 radical (unpaired) electrons. The summed E-state index contributed by atoms with van der Waals surface area (Å²) in [6.07, 6.45) is 1.31. The van der Waals surface area contributed by atoms with Crippen molar-refractivity contribution in [3.05, 3.63) is 47.9 Å². The molecule has 0 saturated carbocycles. The van der Waals surface area contributed by atoms with Crippen molar-refractivity contribution >= 4 is 5.97 Å². The van der Waals surface area contributed by atoms with Crippen LogP contribution < -0.4 is 0 Å². The van der Waals surface area contributed by atoms with Crippen LogP contribution in [-0.2, 0) is 11.2 Å². The van der Waals surface area contributed by atoms with E-state index < -0.39 is 5.97 Å². The average molecular weight is 228 g/mol. The number of benzene rings is 1. The molecule has 1 N–H and O–H groups in total. The van der Waals surface area contributed by atoms with Gasteiger partial charge in [0.2, 0.25) is 0 Å². The van der Waals surface area contributed by atoms with Gasteiger partial charge in [-0.3, -0.25) is 4.79 Å². The summed E-state index contributed by atoms with van der Waals surface area (Å²) in [5, 5.41) is 8.70. The van der Waals surface area contributed by atoms with Crippen LogP contribution in [0.3, 0.4) is 0 Å². The Morgan fingerprint density at radius 2 is 1.94 bits per heavy atom. The van der Waals surface area contributed by atoms with Crippen LogP contribution in [0.2, 0.25) is 0 Å². The Morgan fingerprint density at radius 1 is 1.24 bits per heavy atom. The van der Waals surface area contributed by atoms with E-state index >= 15 is 0 Å². The predicted octanol–water partition coefficient (Wildman–Crippen LogP) is 2.08. The summed E-state index contributed by atoms with van der Waals surface area (Å²) in [4.78, 5) is 18.7. The number of carboxylic acid groups (broad SMARTS) is 1. The topological polar surface area (TPSA) is 63.1 Å². The molecule has 0 unspecified atom stereocenters. The molecule has 86 valence electrons. The first-order valence-electron chi connectivity index (χ1n) is 5.25. The number of aryl methyl sites for hydroxylation is 1. The van der Waals surface area contributed by atoms with Gasteiger partial charge >= 0.3 is 5.97 Å². The second-order valence-corrected chi connectivity index (χ2v) is 3.83. The lowest BCUT2D eigenvalue weighted by atomic mass is 10.1. The molecule has 0 fully saturated rings. The summed E-state index contributed by atoms with van der Waals surface area (Å²) in [6.45, 7) is 2.01. The number of aliphatic carboxylic acids is 1. The highest BCUT2D eigenvalue weighted by molar-refractivity contribution is 5.70. The number of hydrogen-bond donors (Lipinski definition) is 1. The monoisotopic (exact) mass is 228 g/mol. The van der Waals surface area contributed by atoms with Crippen LogP contribution in [0.25, 0.3) is 11.3 Å². The molecule has 0 spiro atoms. The molecule has 0 aliphatic heterocycles. The van der Waals surface area contributed by atoms with Gasteiger partial charge in [-0.2, -0.15) is 0 Å². The van der Waals surface area contributed by atoms with Crippen molar-refractivity contribution in [2.75, 3.05) is 0 Å². The van der Waals surface area contributed by atoms with Crippen LogP contribution in [0.1, 0.15) is 11.3 Å². The Morgan fingerprint density at radius 3 is 2.59 bits per heavy atom. The minimum absolute atomic E-state index is 0.0820. The molecule has 0 aliphatic carbocycles. The minimum atomic E-state index is -0.890.